The zero-order valence-corrected chi connectivity index (χ0v) is 11.8. The van der Waals surface area contributed by atoms with Crippen LogP contribution in [0.2, 0.25) is 0 Å². The van der Waals surface area contributed by atoms with E-state index in [-0.39, 0.29) is 11.3 Å². The van der Waals surface area contributed by atoms with Crippen LogP contribution in [0.1, 0.15) is 38.4 Å². The van der Waals surface area contributed by atoms with Crippen LogP contribution >= 0.6 is 0 Å². The minimum absolute atomic E-state index is 0.0383. The predicted octanol–water partition coefficient (Wildman–Crippen LogP) is 3.36. The number of carbonyl (C=O) groups is 1. The summed E-state index contributed by atoms with van der Waals surface area (Å²) < 4.78 is 5.38. The third-order valence-corrected chi connectivity index (χ3v) is 3.19. The lowest BCUT2D eigenvalue weighted by Crippen LogP contribution is -2.10. The van der Waals surface area contributed by atoms with Crippen molar-refractivity contribution in [1.29, 1.82) is 0 Å². The van der Waals surface area contributed by atoms with Crippen LogP contribution in [0.15, 0.2) is 46.7 Å². The van der Waals surface area contributed by atoms with E-state index in [1.807, 2.05) is 30.3 Å². The van der Waals surface area contributed by atoms with Gasteiger partial charge in [-0.3, -0.25) is 4.99 Å². The highest BCUT2D eigenvalue weighted by molar-refractivity contribution is 6.26. The van der Waals surface area contributed by atoms with Crippen molar-refractivity contribution >= 4 is 11.7 Å². The molecule has 1 unspecified atom stereocenters. The van der Waals surface area contributed by atoms with Crippen LogP contribution in [-0.4, -0.2) is 23.3 Å². The molecule has 2 rings (SSSR count). The van der Waals surface area contributed by atoms with Gasteiger partial charge in [0.05, 0.1) is 5.71 Å². The summed E-state index contributed by atoms with van der Waals surface area (Å²) >= 11 is 0. The Hall–Kier alpha value is -2.10. The van der Waals surface area contributed by atoms with Gasteiger partial charge in [0, 0.05) is 6.54 Å². The van der Waals surface area contributed by atoms with Crippen molar-refractivity contribution in [3.8, 4) is 0 Å². The third-order valence-electron chi connectivity index (χ3n) is 3.19. The number of aliphatic hydroxyl groups excluding tert-OH is 1. The number of hydrogen-bond acceptors (Lipinski definition) is 4. The van der Waals surface area contributed by atoms with E-state index in [0.717, 1.165) is 18.4 Å². The molecule has 4 heteroatoms. The van der Waals surface area contributed by atoms with Gasteiger partial charge in [0.2, 0.25) is 0 Å². The molecule has 1 aromatic carbocycles. The molecule has 0 aliphatic carbocycles. The lowest BCUT2D eigenvalue weighted by atomic mass is 10.0. The van der Waals surface area contributed by atoms with E-state index in [0.29, 0.717) is 12.3 Å². The van der Waals surface area contributed by atoms with E-state index in [2.05, 4.69) is 11.9 Å². The first kappa shape index (κ1) is 14.3. The molecule has 106 valence electrons. The largest absolute Gasteiger partial charge is 0.512 e. The molecule has 4 nitrogen and oxygen atoms in total. The minimum atomic E-state index is -0.516. The number of benzene rings is 1. The van der Waals surface area contributed by atoms with Crippen LogP contribution in [0.25, 0.3) is 0 Å². The smallest absolute Gasteiger partial charge is 0.344 e. The van der Waals surface area contributed by atoms with E-state index in [9.17, 15) is 9.90 Å². The normalized spacial score (nSPS) is 23.0. The van der Waals surface area contributed by atoms with Crippen LogP contribution in [0.5, 0.6) is 0 Å². The van der Waals surface area contributed by atoms with Gasteiger partial charge in [0.15, 0.2) is 6.10 Å². The molecule has 1 saturated heterocycles. The summed E-state index contributed by atoms with van der Waals surface area (Å²) in [5, 5.41) is 9.71. The maximum Gasteiger partial charge on any atom is 0.344 e. The van der Waals surface area contributed by atoms with Gasteiger partial charge in [-0.05, 0) is 18.9 Å². The number of aliphatic hydroxyl groups is 1. The Kier molecular flexibility index (Phi) is 4.56. The van der Waals surface area contributed by atoms with Crippen LogP contribution in [0, 0.1) is 0 Å². The molecule has 0 spiro atoms. The number of nitrogens with zero attached hydrogens (tertiary/aromatic N) is 1. The summed E-state index contributed by atoms with van der Waals surface area (Å²) in [6, 6.07) is 9.47. The highest BCUT2D eigenvalue weighted by atomic mass is 16.6. The number of esters is 1. The van der Waals surface area contributed by atoms with Crippen molar-refractivity contribution in [3.63, 3.8) is 0 Å². The van der Waals surface area contributed by atoms with Crippen LogP contribution < -0.4 is 0 Å². The fourth-order valence-electron chi connectivity index (χ4n) is 2.16. The topological polar surface area (TPSA) is 58.9 Å². The predicted molar refractivity (Wildman–Crippen MR) is 77.8 cm³/mol. The highest BCUT2D eigenvalue weighted by Gasteiger charge is 2.38. The molecule has 1 atom stereocenters. The monoisotopic (exact) mass is 273 g/mol. The lowest BCUT2D eigenvalue weighted by molar-refractivity contribution is -0.138. The number of unbranched alkanes of at least 4 members (excludes halogenated alkanes) is 1. The quantitative estimate of drug-likeness (QED) is 0.396. The van der Waals surface area contributed by atoms with Gasteiger partial charge in [-0.1, -0.05) is 43.7 Å². The first-order chi connectivity index (χ1) is 9.65. The van der Waals surface area contributed by atoms with Gasteiger partial charge in [-0.25, -0.2) is 4.79 Å². The number of allylic oxidation sites excluding steroid dienone is 1. The second kappa shape index (κ2) is 6.37. The summed E-state index contributed by atoms with van der Waals surface area (Å²) in [6.45, 7) is 4.20. The summed E-state index contributed by atoms with van der Waals surface area (Å²) in [7, 11) is 0. The molecule has 0 bridgehead atoms. The van der Waals surface area contributed by atoms with Gasteiger partial charge in [-0.15, -0.1) is 0 Å². The molecule has 0 radical (unpaired) electrons. The molecule has 1 aliphatic heterocycles. The second-order valence-electron chi connectivity index (χ2n) is 4.78. The Morgan fingerprint density at radius 2 is 2.05 bits per heavy atom. The molecule has 20 heavy (non-hydrogen) atoms. The standard InChI is InChI=1S/C16H19NO3/c1-3-4-10-17-14-13(11(2)18)16(19)20-15(14)12-8-6-5-7-9-12/h5-9,15,18H,3-4,10H2,1-2H3/b13-11-,17-14?. The van der Waals surface area contributed by atoms with Gasteiger partial charge < -0.3 is 9.84 Å². The van der Waals surface area contributed by atoms with Crippen LogP contribution in [0.4, 0.5) is 0 Å². The Balaban J connectivity index is 2.39. The van der Waals surface area contributed by atoms with Crippen LogP contribution in [0.3, 0.4) is 0 Å². The molecule has 1 N–H and O–H groups in total. The minimum Gasteiger partial charge on any atom is -0.512 e. The van der Waals surface area contributed by atoms with E-state index < -0.39 is 12.1 Å². The number of hydrogen-bond donors (Lipinski definition) is 1. The molecule has 1 aliphatic rings. The summed E-state index contributed by atoms with van der Waals surface area (Å²) in [5.41, 5.74) is 1.61. The number of rotatable bonds is 4. The average molecular weight is 273 g/mol. The van der Waals surface area contributed by atoms with Crippen molar-refractivity contribution in [3.05, 3.63) is 47.2 Å². The fraction of sp³-hybridized carbons (Fsp3) is 0.375. The molecule has 1 fully saturated rings. The molecule has 1 heterocycles. The Morgan fingerprint density at radius 3 is 2.65 bits per heavy atom. The van der Waals surface area contributed by atoms with Crippen molar-refractivity contribution in [2.24, 2.45) is 4.99 Å². The average Bonchev–Trinajstić information content (AvgIpc) is 2.77. The fourth-order valence-corrected chi connectivity index (χ4v) is 2.16. The maximum absolute atomic E-state index is 11.9. The van der Waals surface area contributed by atoms with Gasteiger partial charge >= 0.3 is 5.97 Å². The third kappa shape index (κ3) is 2.90. The molecule has 1 aromatic rings. The second-order valence-corrected chi connectivity index (χ2v) is 4.78. The van der Waals surface area contributed by atoms with Crippen molar-refractivity contribution in [2.45, 2.75) is 32.8 Å². The lowest BCUT2D eigenvalue weighted by Gasteiger charge is -2.10. The first-order valence-electron chi connectivity index (χ1n) is 6.85. The maximum atomic E-state index is 11.9. The van der Waals surface area contributed by atoms with E-state index in [1.165, 1.54) is 6.92 Å². The zero-order valence-electron chi connectivity index (χ0n) is 11.8. The Bertz CT molecular complexity index is 542. The highest BCUT2D eigenvalue weighted by Crippen LogP contribution is 2.32. The van der Waals surface area contributed by atoms with Crippen molar-refractivity contribution in [2.75, 3.05) is 6.54 Å². The van der Waals surface area contributed by atoms with Crippen LogP contribution in [-0.2, 0) is 9.53 Å². The SMILES string of the molecule is CCCCN=C1/C(=C(\C)O)C(=O)OC1c1ccccc1. The molecular formula is C16H19NO3. The van der Waals surface area contributed by atoms with Gasteiger partial charge in [0.1, 0.15) is 11.3 Å². The number of ether oxygens (including phenoxy) is 1. The van der Waals surface area contributed by atoms with Gasteiger partial charge in [-0.2, -0.15) is 0 Å². The zero-order chi connectivity index (χ0) is 14.5. The number of cyclic esters (lactones) is 1. The first-order valence-corrected chi connectivity index (χ1v) is 6.85. The molecule has 0 saturated carbocycles. The van der Waals surface area contributed by atoms with E-state index in [1.54, 1.807) is 0 Å². The Morgan fingerprint density at radius 1 is 1.35 bits per heavy atom. The summed E-state index contributed by atoms with van der Waals surface area (Å²) in [6.07, 6.45) is 1.45. The van der Waals surface area contributed by atoms with E-state index >= 15 is 0 Å². The Labute approximate surface area is 118 Å². The van der Waals surface area contributed by atoms with Crippen molar-refractivity contribution < 1.29 is 14.6 Å². The molecular weight excluding hydrogens is 254 g/mol. The molecule has 0 aromatic heterocycles. The summed E-state index contributed by atoms with van der Waals surface area (Å²) in [4.78, 5) is 16.4. The number of aliphatic imine (C=N–C) groups is 1. The molecule has 0 amide bonds. The number of carbonyl (C=O) groups excluding carboxylic acids is 1. The van der Waals surface area contributed by atoms with E-state index in [4.69, 9.17) is 4.74 Å². The van der Waals surface area contributed by atoms with Crippen molar-refractivity contribution in [1.82, 2.24) is 0 Å². The van der Waals surface area contributed by atoms with Gasteiger partial charge in [0.25, 0.3) is 0 Å². The summed E-state index contributed by atoms with van der Waals surface area (Å²) in [5.74, 6) is -0.544.